The summed E-state index contributed by atoms with van der Waals surface area (Å²) in [4.78, 5) is 2.39. The fraction of sp³-hybridized carbons (Fsp3) is 0.400. The summed E-state index contributed by atoms with van der Waals surface area (Å²) in [6.45, 7) is 5.60. The van der Waals surface area contributed by atoms with Crippen molar-refractivity contribution in [2.45, 2.75) is 32.7 Å². The Hall–Kier alpha value is -1.39. The van der Waals surface area contributed by atoms with Crippen LogP contribution in [0.5, 0.6) is 5.75 Å². The summed E-state index contributed by atoms with van der Waals surface area (Å²) in [5.41, 5.74) is 3.37. The molecule has 1 aliphatic heterocycles. The molecule has 0 bridgehead atoms. The maximum Gasteiger partial charge on any atom is 0.133 e. The van der Waals surface area contributed by atoms with Crippen molar-refractivity contribution in [3.05, 3.63) is 51.5 Å². The zero-order chi connectivity index (χ0) is 17.6. The van der Waals surface area contributed by atoms with Gasteiger partial charge in [0, 0.05) is 25.3 Å². The summed E-state index contributed by atoms with van der Waals surface area (Å²) in [5.74, 6) is 0.875. The van der Waals surface area contributed by atoms with Crippen molar-refractivity contribution in [1.82, 2.24) is 0 Å². The fourth-order valence-corrected chi connectivity index (χ4v) is 3.98. The summed E-state index contributed by atoms with van der Waals surface area (Å²) in [7, 11) is 0. The van der Waals surface area contributed by atoms with Crippen molar-refractivity contribution in [1.29, 1.82) is 0 Å². The maximum atomic E-state index is 6.52. The van der Waals surface area contributed by atoms with Gasteiger partial charge in [-0.1, -0.05) is 17.7 Å². The summed E-state index contributed by atoms with van der Waals surface area (Å²) in [6, 6.07) is 12.4. The Balaban J connectivity index is 1.63. The van der Waals surface area contributed by atoms with Gasteiger partial charge in [-0.2, -0.15) is 0 Å². The van der Waals surface area contributed by atoms with Crippen LogP contribution in [0.4, 0.5) is 11.4 Å². The van der Waals surface area contributed by atoms with E-state index < -0.39 is 0 Å². The molecule has 0 spiro atoms. The predicted molar refractivity (Wildman–Crippen MR) is 110 cm³/mol. The summed E-state index contributed by atoms with van der Waals surface area (Å²) in [6.07, 6.45) is 3.83. The summed E-state index contributed by atoms with van der Waals surface area (Å²) < 4.78 is 6.53. The van der Waals surface area contributed by atoms with Gasteiger partial charge in [-0.05, 0) is 78.0 Å². The van der Waals surface area contributed by atoms with Gasteiger partial charge in [0.2, 0.25) is 0 Å². The number of anilines is 2. The molecule has 0 amide bonds. The standard InChI is InChI=1S/C20H24BrClN2O/c1-2-25-20-9-6-15(12-17(20)21)14-23-16-7-8-19(18(22)13-16)24-10-4-3-5-11-24/h6-9,12-13,23H,2-5,10-11,14H2,1H3. The molecular formula is C20H24BrClN2O. The molecule has 2 aromatic rings. The fourth-order valence-electron chi connectivity index (χ4n) is 3.14. The Morgan fingerprint density at radius 2 is 1.92 bits per heavy atom. The highest BCUT2D eigenvalue weighted by Gasteiger charge is 2.14. The minimum atomic E-state index is 0.665. The number of benzene rings is 2. The molecule has 25 heavy (non-hydrogen) atoms. The van der Waals surface area contributed by atoms with Crippen LogP contribution in [-0.4, -0.2) is 19.7 Å². The van der Waals surface area contributed by atoms with Gasteiger partial charge in [-0.3, -0.25) is 0 Å². The molecule has 0 aliphatic carbocycles. The van der Waals surface area contributed by atoms with E-state index in [4.69, 9.17) is 16.3 Å². The van der Waals surface area contributed by atoms with Gasteiger partial charge in [-0.25, -0.2) is 0 Å². The molecule has 134 valence electrons. The minimum Gasteiger partial charge on any atom is -0.493 e. The first-order valence-corrected chi connectivity index (χ1v) is 10.0. The van der Waals surface area contributed by atoms with E-state index >= 15 is 0 Å². The smallest absolute Gasteiger partial charge is 0.133 e. The lowest BCUT2D eigenvalue weighted by Crippen LogP contribution is -2.29. The van der Waals surface area contributed by atoms with Crippen LogP contribution in [0.25, 0.3) is 0 Å². The highest BCUT2D eigenvalue weighted by Crippen LogP contribution is 2.31. The molecule has 3 rings (SSSR count). The molecule has 1 N–H and O–H groups in total. The molecular weight excluding hydrogens is 400 g/mol. The Kier molecular flexibility index (Phi) is 6.49. The zero-order valence-corrected chi connectivity index (χ0v) is 16.9. The van der Waals surface area contributed by atoms with Gasteiger partial charge in [0.1, 0.15) is 5.75 Å². The van der Waals surface area contributed by atoms with Gasteiger partial charge in [-0.15, -0.1) is 0 Å². The third-order valence-electron chi connectivity index (χ3n) is 4.44. The van der Waals surface area contributed by atoms with E-state index in [1.54, 1.807) is 0 Å². The van der Waals surface area contributed by atoms with Crippen LogP contribution in [0.1, 0.15) is 31.7 Å². The molecule has 1 saturated heterocycles. The molecule has 0 unspecified atom stereocenters. The van der Waals surface area contributed by atoms with E-state index in [2.05, 4.69) is 50.4 Å². The Morgan fingerprint density at radius 1 is 1.12 bits per heavy atom. The molecule has 0 radical (unpaired) electrons. The normalized spacial score (nSPS) is 14.4. The van der Waals surface area contributed by atoms with Crippen molar-refractivity contribution in [3.8, 4) is 5.75 Å². The van der Waals surface area contributed by atoms with Gasteiger partial charge in [0.15, 0.2) is 0 Å². The molecule has 5 heteroatoms. The molecule has 1 fully saturated rings. The van der Waals surface area contributed by atoms with Crippen molar-refractivity contribution in [2.24, 2.45) is 0 Å². The summed E-state index contributed by atoms with van der Waals surface area (Å²) >= 11 is 10.1. The molecule has 3 nitrogen and oxygen atoms in total. The number of rotatable bonds is 6. The summed E-state index contributed by atoms with van der Waals surface area (Å²) in [5, 5.41) is 4.27. The van der Waals surface area contributed by atoms with E-state index in [9.17, 15) is 0 Å². The number of piperidine rings is 1. The van der Waals surface area contributed by atoms with E-state index in [1.165, 1.54) is 24.8 Å². The van der Waals surface area contributed by atoms with Crippen LogP contribution in [0.3, 0.4) is 0 Å². The zero-order valence-electron chi connectivity index (χ0n) is 14.5. The van der Waals surface area contributed by atoms with E-state index in [-0.39, 0.29) is 0 Å². The quantitative estimate of drug-likeness (QED) is 0.607. The SMILES string of the molecule is CCOc1ccc(CNc2ccc(N3CCCCC3)c(Cl)c2)cc1Br. The van der Waals surface area contributed by atoms with Gasteiger partial charge >= 0.3 is 0 Å². The number of hydrogen-bond acceptors (Lipinski definition) is 3. The van der Waals surface area contributed by atoms with Crippen molar-refractivity contribution in [2.75, 3.05) is 29.9 Å². The van der Waals surface area contributed by atoms with Crippen LogP contribution in [-0.2, 0) is 6.54 Å². The molecule has 1 aliphatic rings. The molecule has 0 saturated carbocycles. The number of nitrogens with zero attached hydrogens (tertiary/aromatic N) is 1. The van der Waals surface area contributed by atoms with Gasteiger partial charge in [0.25, 0.3) is 0 Å². The van der Waals surface area contributed by atoms with Crippen LogP contribution < -0.4 is 15.0 Å². The second-order valence-electron chi connectivity index (χ2n) is 6.27. The molecule has 0 aromatic heterocycles. The third kappa shape index (κ3) is 4.83. The molecule has 1 heterocycles. The second-order valence-corrected chi connectivity index (χ2v) is 7.53. The first-order valence-electron chi connectivity index (χ1n) is 8.87. The lowest BCUT2D eigenvalue weighted by atomic mass is 10.1. The van der Waals surface area contributed by atoms with Crippen LogP contribution in [0.2, 0.25) is 5.02 Å². The van der Waals surface area contributed by atoms with Crippen LogP contribution in [0, 0.1) is 0 Å². The van der Waals surface area contributed by atoms with Crippen molar-refractivity contribution < 1.29 is 4.74 Å². The maximum absolute atomic E-state index is 6.52. The highest BCUT2D eigenvalue weighted by molar-refractivity contribution is 9.10. The van der Waals surface area contributed by atoms with E-state index in [0.717, 1.165) is 46.3 Å². The Bertz CT molecular complexity index is 717. The third-order valence-corrected chi connectivity index (χ3v) is 5.36. The first kappa shape index (κ1) is 18.4. The molecule has 0 atom stereocenters. The lowest BCUT2D eigenvalue weighted by molar-refractivity contribution is 0.338. The van der Waals surface area contributed by atoms with Gasteiger partial charge < -0.3 is 15.0 Å². The minimum absolute atomic E-state index is 0.665. The van der Waals surface area contributed by atoms with Crippen LogP contribution >= 0.6 is 27.5 Å². The second kappa shape index (κ2) is 8.81. The largest absolute Gasteiger partial charge is 0.493 e. The monoisotopic (exact) mass is 422 g/mol. The molecule has 2 aromatic carbocycles. The van der Waals surface area contributed by atoms with Crippen molar-refractivity contribution >= 4 is 38.9 Å². The van der Waals surface area contributed by atoms with Gasteiger partial charge in [0.05, 0.1) is 21.8 Å². The Morgan fingerprint density at radius 3 is 2.60 bits per heavy atom. The van der Waals surface area contributed by atoms with Crippen LogP contribution in [0.15, 0.2) is 40.9 Å². The van der Waals surface area contributed by atoms with E-state index in [1.807, 2.05) is 19.1 Å². The lowest BCUT2D eigenvalue weighted by Gasteiger charge is -2.29. The first-order chi connectivity index (χ1) is 12.2. The highest BCUT2D eigenvalue weighted by atomic mass is 79.9. The van der Waals surface area contributed by atoms with Crippen molar-refractivity contribution in [3.63, 3.8) is 0 Å². The average Bonchev–Trinajstić information content (AvgIpc) is 2.63. The number of ether oxygens (including phenoxy) is 1. The number of hydrogen-bond donors (Lipinski definition) is 1. The Labute approximate surface area is 163 Å². The topological polar surface area (TPSA) is 24.5 Å². The average molecular weight is 424 g/mol. The number of halogens is 2. The van der Waals surface area contributed by atoms with E-state index in [0.29, 0.717) is 6.61 Å². The number of nitrogens with one attached hydrogen (secondary N) is 1. The predicted octanol–water partition coefficient (Wildman–Crippen LogP) is 6.10.